The monoisotopic (exact) mass is 354 g/mol. The number of aryl methyl sites for hydroxylation is 2. The van der Waals surface area contributed by atoms with E-state index in [1.165, 1.54) is 0 Å². The Morgan fingerprint density at radius 2 is 1.81 bits per heavy atom. The summed E-state index contributed by atoms with van der Waals surface area (Å²) in [4.78, 5) is 14.6. The molecule has 0 spiro atoms. The number of anilines is 1. The van der Waals surface area contributed by atoms with Gasteiger partial charge in [-0.05, 0) is 43.7 Å². The zero-order chi connectivity index (χ0) is 18.5. The van der Waals surface area contributed by atoms with Crippen LogP contribution in [0.4, 0.5) is 5.69 Å². The van der Waals surface area contributed by atoms with E-state index in [-0.39, 0.29) is 12.0 Å². The van der Waals surface area contributed by atoms with Crippen molar-refractivity contribution in [2.75, 3.05) is 31.6 Å². The number of carbonyl (C=O) groups excluding carboxylic acids is 1. The molecule has 5 nitrogen and oxygen atoms in total. The summed E-state index contributed by atoms with van der Waals surface area (Å²) in [5.74, 6) is 1.53. The van der Waals surface area contributed by atoms with Gasteiger partial charge < -0.3 is 14.8 Å². The predicted molar refractivity (Wildman–Crippen MR) is 103 cm³/mol. The number of hydrogen-bond acceptors (Lipinski definition) is 4. The molecule has 1 aliphatic rings. The molecule has 1 amide bonds. The zero-order valence-electron chi connectivity index (χ0n) is 15.6. The Bertz CT molecular complexity index is 755. The summed E-state index contributed by atoms with van der Waals surface area (Å²) in [6, 6.07) is 13.7. The zero-order valence-corrected chi connectivity index (χ0v) is 15.6. The van der Waals surface area contributed by atoms with Crippen LogP contribution in [0.1, 0.15) is 18.1 Å². The first-order chi connectivity index (χ1) is 12.6. The molecule has 0 aromatic heterocycles. The predicted octanol–water partition coefficient (Wildman–Crippen LogP) is 3.40. The van der Waals surface area contributed by atoms with Crippen LogP contribution in [0.5, 0.6) is 11.5 Å². The number of carbonyl (C=O) groups is 1. The highest BCUT2D eigenvalue weighted by atomic mass is 16.6. The van der Waals surface area contributed by atoms with Crippen LogP contribution in [0.15, 0.2) is 42.5 Å². The number of para-hydroxylation sites is 3. The average Bonchev–Trinajstić information content (AvgIpc) is 2.64. The molecule has 5 heteroatoms. The quantitative estimate of drug-likeness (QED) is 0.864. The molecule has 0 saturated carbocycles. The molecule has 26 heavy (non-hydrogen) atoms. The lowest BCUT2D eigenvalue weighted by atomic mass is 10.1. The first-order valence-electron chi connectivity index (χ1n) is 9.03. The maximum atomic E-state index is 12.5. The van der Waals surface area contributed by atoms with Gasteiger partial charge in [-0.1, -0.05) is 37.3 Å². The van der Waals surface area contributed by atoms with Crippen LogP contribution in [0.3, 0.4) is 0 Å². The van der Waals surface area contributed by atoms with E-state index in [1.807, 2.05) is 63.2 Å². The molecule has 2 aromatic carbocycles. The van der Waals surface area contributed by atoms with Crippen molar-refractivity contribution in [1.82, 2.24) is 4.90 Å². The van der Waals surface area contributed by atoms with Gasteiger partial charge in [0.1, 0.15) is 12.7 Å². The lowest BCUT2D eigenvalue weighted by molar-refractivity contribution is -0.117. The largest absolute Gasteiger partial charge is 0.486 e. The lowest BCUT2D eigenvalue weighted by Crippen LogP contribution is -2.43. The van der Waals surface area contributed by atoms with Crippen molar-refractivity contribution in [3.05, 3.63) is 53.6 Å². The van der Waals surface area contributed by atoms with Gasteiger partial charge in [0, 0.05) is 12.2 Å². The minimum absolute atomic E-state index is 0.0126. The number of nitrogens with zero attached hydrogens (tertiary/aromatic N) is 1. The highest BCUT2D eigenvalue weighted by molar-refractivity contribution is 5.93. The Kier molecular flexibility index (Phi) is 5.78. The maximum absolute atomic E-state index is 12.5. The number of hydrogen-bond donors (Lipinski definition) is 1. The number of benzene rings is 2. The summed E-state index contributed by atoms with van der Waals surface area (Å²) < 4.78 is 11.8. The summed E-state index contributed by atoms with van der Waals surface area (Å²) in [6.07, 6.45) is -0.0853. The Morgan fingerprint density at radius 1 is 1.12 bits per heavy atom. The van der Waals surface area contributed by atoms with Crippen molar-refractivity contribution >= 4 is 11.6 Å². The van der Waals surface area contributed by atoms with E-state index in [0.29, 0.717) is 19.7 Å². The molecular formula is C21H26N2O3. The molecule has 1 unspecified atom stereocenters. The number of likely N-dealkylation sites (N-methyl/N-ethyl adjacent to an activating group) is 1. The van der Waals surface area contributed by atoms with Crippen LogP contribution >= 0.6 is 0 Å². The number of nitrogens with one attached hydrogen (secondary N) is 1. The highest BCUT2D eigenvalue weighted by Gasteiger charge is 2.23. The van der Waals surface area contributed by atoms with Crippen molar-refractivity contribution in [1.29, 1.82) is 0 Å². The fourth-order valence-corrected chi connectivity index (χ4v) is 3.14. The third-order valence-corrected chi connectivity index (χ3v) is 4.59. The summed E-state index contributed by atoms with van der Waals surface area (Å²) in [6.45, 7) is 8.28. The van der Waals surface area contributed by atoms with E-state index in [2.05, 4.69) is 10.2 Å². The molecule has 0 radical (unpaired) electrons. The SMILES string of the molecule is CCN(CC(=O)Nc1c(C)cccc1C)CC1COc2ccccc2O1. The van der Waals surface area contributed by atoms with Crippen LogP contribution in [-0.4, -0.2) is 43.2 Å². The molecule has 1 heterocycles. The van der Waals surface area contributed by atoms with Crippen LogP contribution in [0.2, 0.25) is 0 Å². The fourth-order valence-electron chi connectivity index (χ4n) is 3.14. The van der Waals surface area contributed by atoms with Crippen molar-refractivity contribution in [2.45, 2.75) is 26.9 Å². The summed E-state index contributed by atoms with van der Waals surface area (Å²) in [5, 5.41) is 3.04. The second kappa shape index (κ2) is 8.23. The molecule has 3 rings (SSSR count). The second-order valence-corrected chi connectivity index (χ2v) is 6.64. The van der Waals surface area contributed by atoms with E-state index >= 15 is 0 Å². The first-order valence-corrected chi connectivity index (χ1v) is 9.03. The van der Waals surface area contributed by atoms with Gasteiger partial charge in [-0.3, -0.25) is 9.69 Å². The Hall–Kier alpha value is -2.53. The first kappa shape index (κ1) is 18.3. The van der Waals surface area contributed by atoms with Crippen molar-refractivity contribution < 1.29 is 14.3 Å². The molecule has 0 aliphatic carbocycles. The molecular weight excluding hydrogens is 328 g/mol. The molecule has 138 valence electrons. The van der Waals surface area contributed by atoms with Gasteiger partial charge in [-0.15, -0.1) is 0 Å². The van der Waals surface area contributed by atoms with Gasteiger partial charge in [0.2, 0.25) is 5.91 Å². The molecule has 1 N–H and O–H groups in total. The van der Waals surface area contributed by atoms with Gasteiger partial charge >= 0.3 is 0 Å². The van der Waals surface area contributed by atoms with Gasteiger partial charge in [-0.2, -0.15) is 0 Å². The summed E-state index contributed by atoms with van der Waals surface area (Å²) >= 11 is 0. The molecule has 0 bridgehead atoms. The lowest BCUT2D eigenvalue weighted by Gasteiger charge is -2.30. The topological polar surface area (TPSA) is 50.8 Å². The van der Waals surface area contributed by atoms with Crippen LogP contribution in [-0.2, 0) is 4.79 Å². The van der Waals surface area contributed by atoms with E-state index < -0.39 is 0 Å². The molecule has 0 saturated heterocycles. The van der Waals surface area contributed by atoms with Crippen molar-refractivity contribution in [3.8, 4) is 11.5 Å². The minimum Gasteiger partial charge on any atom is -0.486 e. The van der Waals surface area contributed by atoms with E-state index in [9.17, 15) is 4.79 Å². The van der Waals surface area contributed by atoms with Gasteiger partial charge in [-0.25, -0.2) is 0 Å². The second-order valence-electron chi connectivity index (χ2n) is 6.64. The van der Waals surface area contributed by atoms with Crippen molar-refractivity contribution in [2.24, 2.45) is 0 Å². The minimum atomic E-state index is -0.0853. The van der Waals surface area contributed by atoms with Crippen LogP contribution < -0.4 is 14.8 Å². The van der Waals surface area contributed by atoms with Crippen molar-refractivity contribution in [3.63, 3.8) is 0 Å². The molecule has 0 fully saturated rings. The van der Waals surface area contributed by atoms with Gasteiger partial charge in [0.25, 0.3) is 0 Å². The Balaban J connectivity index is 1.57. The molecule has 2 aromatic rings. The van der Waals surface area contributed by atoms with Gasteiger partial charge in [0.05, 0.1) is 6.54 Å². The average molecular weight is 354 g/mol. The fraction of sp³-hybridized carbons (Fsp3) is 0.381. The number of amides is 1. The standard InChI is InChI=1S/C21H26N2O3/c1-4-23(12-17-14-25-18-10-5-6-11-19(18)26-17)13-20(24)22-21-15(2)8-7-9-16(21)3/h5-11,17H,4,12-14H2,1-3H3,(H,22,24). The normalized spacial score (nSPS) is 15.8. The Morgan fingerprint density at radius 3 is 2.50 bits per heavy atom. The summed E-state index contributed by atoms with van der Waals surface area (Å²) in [7, 11) is 0. The number of ether oxygens (including phenoxy) is 2. The van der Waals surface area contributed by atoms with Gasteiger partial charge in [0.15, 0.2) is 11.5 Å². The van der Waals surface area contributed by atoms with E-state index in [0.717, 1.165) is 34.9 Å². The summed E-state index contributed by atoms with van der Waals surface area (Å²) in [5.41, 5.74) is 3.05. The number of fused-ring (bicyclic) bond motifs is 1. The highest BCUT2D eigenvalue weighted by Crippen LogP contribution is 2.31. The van der Waals surface area contributed by atoms with E-state index in [4.69, 9.17) is 9.47 Å². The Labute approximate surface area is 154 Å². The van der Waals surface area contributed by atoms with Crippen LogP contribution in [0.25, 0.3) is 0 Å². The smallest absolute Gasteiger partial charge is 0.238 e. The third-order valence-electron chi connectivity index (χ3n) is 4.59. The molecule has 1 aliphatic heterocycles. The van der Waals surface area contributed by atoms with E-state index in [1.54, 1.807) is 0 Å². The maximum Gasteiger partial charge on any atom is 0.238 e. The van der Waals surface area contributed by atoms with Crippen LogP contribution in [0, 0.1) is 13.8 Å². The molecule has 1 atom stereocenters. The number of rotatable bonds is 6. The third kappa shape index (κ3) is 4.35.